The zero-order chi connectivity index (χ0) is 14.1. The molecule has 20 heavy (non-hydrogen) atoms. The van der Waals surface area contributed by atoms with Crippen LogP contribution in [-0.4, -0.2) is 0 Å². The van der Waals surface area contributed by atoms with Crippen LogP contribution in [0.2, 0.25) is 0 Å². The highest BCUT2D eigenvalue weighted by Crippen LogP contribution is 2.33. The van der Waals surface area contributed by atoms with Gasteiger partial charge in [-0.3, -0.25) is 0 Å². The molecule has 0 saturated carbocycles. The summed E-state index contributed by atoms with van der Waals surface area (Å²) in [5.74, 6) is 1.82. The van der Waals surface area contributed by atoms with E-state index in [1.54, 1.807) is 0 Å². The number of benzene rings is 2. The van der Waals surface area contributed by atoms with Gasteiger partial charge >= 0.3 is 0 Å². The van der Waals surface area contributed by atoms with Gasteiger partial charge in [-0.05, 0) is 55.4 Å². The Morgan fingerprint density at radius 1 is 1.05 bits per heavy atom. The average molecular weight is 266 g/mol. The van der Waals surface area contributed by atoms with Crippen molar-refractivity contribution in [2.45, 2.75) is 40.2 Å². The third-order valence-corrected chi connectivity index (χ3v) is 4.03. The molecular formula is C19H22O. The standard InChI is InChI=1S/C19H22O/c1-13-7-14(2)9-16(8-13)12-20-19-6-4-5-17-10-15(3)11-18(17)19/h4-9,15H,10-12H2,1-3H3. The van der Waals surface area contributed by atoms with Crippen LogP contribution in [0, 0.1) is 19.8 Å². The molecule has 0 spiro atoms. The molecule has 2 aromatic carbocycles. The number of rotatable bonds is 3. The molecule has 0 amide bonds. The Morgan fingerprint density at radius 3 is 2.55 bits per heavy atom. The van der Waals surface area contributed by atoms with Crippen molar-refractivity contribution in [2.24, 2.45) is 5.92 Å². The van der Waals surface area contributed by atoms with Gasteiger partial charge < -0.3 is 4.74 Å². The molecule has 1 atom stereocenters. The van der Waals surface area contributed by atoms with Gasteiger partial charge in [0, 0.05) is 0 Å². The Bertz CT molecular complexity index is 607. The van der Waals surface area contributed by atoms with Gasteiger partial charge in [-0.25, -0.2) is 0 Å². The Morgan fingerprint density at radius 2 is 1.80 bits per heavy atom. The minimum atomic E-state index is 0.660. The molecule has 0 fully saturated rings. The highest BCUT2D eigenvalue weighted by molar-refractivity contribution is 5.43. The van der Waals surface area contributed by atoms with E-state index in [0.29, 0.717) is 6.61 Å². The molecule has 0 radical (unpaired) electrons. The second kappa shape index (κ2) is 5.32. The minimum absolute atomic E-state index is 0.660. The van der Waals surface area contributed by atoms with Gasteiger partial charge in [0.25, 0.3) is 0 Å². The van der Waals surface area contributed by atoms with E-state index in [0.717, 1.165) is 18.1 Å². The third-order valence-electron chi connectivity index (χ3n) is 4.03. The molecule has 1 heteroatoms. The summed E-state index contributed by atoms with van der Waals surface area (Å²) in [6, 6.07) is 13.1. The first-order valence-corrected chi connectivity index (χ1v) is 7.42. The second-order valence-corrected chi connectivity index (χ2v) is 6.19. The highest BCUT2D eigenvalue weighted by Gasteiger charge is 2.21. The monoisotopic (exact) mass is 266 g/mol. The van der Waals surface area contributed by atoms with Crippen molar-refractivity contribution in [1.29, 1.82) is 0 Å². The maximum Gasteiger partial charge on any atom is 0.123 e. The van der Waals surface area contributed by atoms with Crippen molar-refractivity contribution in [3.05, 3.63) is 64.2 Å². The maximum atomic E-state index is 6.09. The minimum Gasteiger partial charge on any atom is -0.489 e. The van der Waals surface area contributed by atoms with E-state index in [4.69, 9.17) is 4.74 Å². The summed E-state index contributed by atoms with van der Waals surface area (Å²) < 4.78 is 6.09. The van der Waals surface area contributed by atoms with Gasteiger partial charge in [-0.15, -0.1) is 0 Å². The summed E-state index contributed by atoms with van der Waals surface area (Å²) in [4.78, 5) is 0. The van der Waals surface area contributed by atoms with E-state index in [1.165, 1.54) is 34.2 Å². The van der Waals surface area contributed by atoms with Crippen molar-refractivity contribution in [1.82, 2.24) is 0 Å². The first kappa shape index (κ1) is 13.2. The predicted molar refractivity (Wildman–Crippen MR) is 83.3 cm³/mol. The van der Waals surface area contributed by atoms with Gasteiger partial charge in [0.05, 0.1) is 0 Å². The van der Waals surface area contributed by atoms with Gasteiger partial charge in [0.2, 0.25) is 0 Å². The quantitative estimate of drug-likeness (QED) is 0.788. The zero-order valence-electron chi connectivity index (χ0n) is 12.6. The summed E-state index contributed by atoms with van der Waals surface area (Å²) in [6.45, 7) is 7.25. The summed E-state index contributed by atoms with van der Waals surface area (Å²) in [5.41, 5.74) is 6.75. The molecular weight excluding hydrogens is 244 g/mol. The van der Waals surface area contributed by atoms with Crippen LogP contribution in [0.4, 0.5) is 0 Å². The topological polar surface area (TPSA) is 9.23 Å². The van der Waals surface area contributed by atoms with Crippen LogP contribution in [0.5, 0.6) is 5.75 Å². The molecule has 1 aliphatic rings. The lowest BCUT2D eigenvalue weighted by Crippen LogP contribution is -1.99. The van der Waals surface area contributed by atoms with E-state index < -0.39 is 0 Å². The fourth-order valence-corrected chi connectivity index (χ4v) is 3.28. The summed E-state index contributed by atoms with van der Waals surface area (Å²) >= 11 is 0. The summed E-state index contributed by atoms with van der Waals surface area (Å²) in [5, 5.41) is 0. The molecule has 1 unspecified atom stereocenters. The molecule has 2 aromatic rings. The average Bonchev–Trinajstić information content (AvgIpc) is 2.76. The Balaban J connectivity index is 1.78. The van der Waals surface area contributed by atoms with Gasteiger partial charge in [-0.1, -0.05) is 48.4 Å². The first-order chi connectivity index (χ1) is 9.61. The second-order valence-electron chi connectivity index (χ2n) is 6.19. The molecule has 1 aliphatic carbocycles. The molecule has 0 aliphatic heterocycles. The normalized spacial score (nSPS) is 17.1. The molecule has 0 bridgehead atoms. The van der Waals surface area contributed by atoms with E-state index in [9.17, 15) is 0 Å². The van der Waals surface area contributed by atoms with Gasteiger partial charge in [0.15, 0.2) is 0 Å². The molecule has 0 aromatic heterocycles. The van der Waals surface area contributed by atoms with Crippen LogP contribution in [0.1, 0.15) is 34.7 Å². The molecule has 104 valence electrons. The fraction of sp³-hybridized carbons (Fsp3) is 0.368. The van der Waals surface area contributed by atoms with Crippen LogP contribution in [0.15, 0.2) is 36.4 Å². The van der Waals surface area contributed by atoms with E-state index in [2.05, 4.69) is 57.2 Å². The van der Waals surface area contributed by atoms with Crippen molar-refractivity contribution in [3.63, 3.8) is 0 Å². The molecule has 0 heterocycles. The highest BCUT2D eigenvalue weighted by atomic mass is 16.5. The number of fused-ring (bicyclic) bond motifs is 1. The van der Waals surface area contributed by atoms with Crippen LogP contribution in [-0.2, 0) is 19.4 Å². The van der Waals surface area contributed by atoms with E-state index in [-0.39, 0.29) is 0 Å². The summed E-state index contributed by atoms with van der Waals surface area (Å²) in [7, 11) is 0. The molecule has 0 saturated heterocycles. The van der Waals surface area contributed by atoms with Crippen molar-refractivity contribution in [3.8, 4) is 5.75 Å². The Hall–Kier alpha value is -1.76. The lowest BCUT2D eigenvalue weighted by molar-refractivity contribution is 0.302. The molecule has 0 N–H and O–H groups in total. The lowest BCUT2D eigenvalue weighted by atomic mass is 10.1. The van der Waals surface area contributed by atoms with Gasteiger partial charge in [-0.2, -0.15) is 0 Å². The SMILES string of the molecule is Cc1cc(C)cc(COc2cccc3c2CC(C)C3)c1. The van der Waals surface area contributed by atoms with Crippen molar-refractivity contribution < 1.29 is 4.74 Å². The molecule has 1 nitrogen and oxygen atoms in total. The Labute approximate surface area is 121 Å². The van der Waals surface area contributed by atoms with Gasteiger partial charge in [0.1, 0.15) is 12.4 Å². The zero-order valence-corrected chi connectivity index (χ0v) is 12.6. The van der Waals surface area contributed by atoms with Crippen LogP contribution >= 0.6 is 0 Å². The maximum absolute atomic E-state index is 6.09. The lowest BCUT2D eigenvalue weighted by Gasteiger charge is -2.12. The Kier molecular flexibility index (Phi) is 3.52. The van der Waals surface area contributed by atoms with Crippen molar-refractivity contribution in [2.75, 3.05) is 0 Å². The van der Waals surface area contributed by atoms with Crippen LogP contribution < -0.4 is 4.74 Å². The first-order valence-electron chi connectivity index (χ1n) is 7.42. The van der Waals surface area contributed by atoms with Crippen LogP contribution in [0.25, 0.3) is 0 Å². The molecule has 3 rings (SSSR count). The number of hydrogen-bond acceptors (Lipinski definition) is 1. The largest absolute Gasteiger partial charge is 0.489 e. The van der Waals surface area contributed by atoms with Crippen LogP contribution in [0.3, 0.4) is 0 Å². The number of hydrogen-bond donors (Lipinski definition) is 0. The van der Waals surface area contributed by atoms with E-state index >= 15 is 0 Å². The third kappa shape index (κ3) is 2.72. The smallest absolute Gasteiger partial charge is 0.123 e. The van der Waals surface area contributed by atoms with Crippen molar-refractivity contribution >= 4 is 0 Å². The number of ether oxygens (including phenoxy) is 1. The van der Waals surface area contributed by atoms with E-state index in [1.807, 2.05) is 0 Å². The summed E-state index contributed by atoms with van der Waals surface area (Å²) in [6.07, 6.45) is 2.34. The number of aryl methyl sites for hydroxylation is 2. The fourth-order valence-electron chi connectivity index (χ4n) is 3.28. The predicted octanol–water partition coefficient (Wildman–Crippen LogP) is 4.62.